The molecule has 0 radical (unpaired) electrons. The van der Waals surface area contributed by atoms with Crippen LogP contribution in [0.15, 0.2) is 54.9 Å². The average molecular weight is 524 g/mol. The van der Waals surface area contributed by atoms with Gasteiger partial charge in [-0.25, -0.2) is 19.7 Å². The van der Waals surface area contributed by atoms with Crippen LogP contribution in [0.1, 0.15) is 44.9 Å². The molecule has 11 heteroatoms. The largest absolute Gasteiger partial charge is 0.449 e. The van der Waals surface area contributed by atoms with E-state index in [2.05, 4.69) is 14.7 Å². The molecule has 198 valence electrons. The maximum atomic E-state index is 13.1. The van der Waals surface area contributed by atoms with Gasteiger partial charge in [-0.1, -0.05) is 12.1 Å². The van der Waals surface area contributed by atoms with Gasteiger partial charge in [-0.05, 0) is 57.0 Å². The van der Waals surface area contributed by atoms with E-state index in [0.29, 0.717) is 30.3 Å². The maximum Gasteiger partial charge on any atom is 0.414 e. The Morgan fingerprint density at radius 2 is 1.95 bits per heavy atom. The van der Waals surface area contributed by atoms with Crippen molar-refractivity contribution in [1.29, 1.82) is 0 Å². The molecule has 0 unspecified atom stereocenters. The molecule has 3 heterocycles. The summed E-state index contributed by atoms with van der Waals surface area (Å²) in [5.41, 5.74) is 2.53. The Morgan fingerprint density at radius 1 is 1.18 bits per heavy atom. The first-order valence-corrected chi connectivity index (χ1v) is 12.2. The summed E-state index contributed by atoms with van der Waals surface area (Å²) in [6, 6.07) is 11.3. The summed E-state index contributed by atoms with van der Waals surface area (Å²) < 4.78 is 37.5. The molecule has 1 atom stereocenters. The standard InChI is InChI=1S/C27H27F2N5O4/c1-4-37-26(35)34(18-6-5-7-19(13-18)38-25(28)29)21-10-11-33-22-12-16(8-9-20(22)32-23(21)33)17-14-30-24(31-15-17)27(2,3)36/h5-9,12-15,21,25,36H,4,10-11H2,1-3H3/t21-/m1/s1. The number of fused-ring (bicyclic) bond motifs is 3. The number of aliphatic hydroxyl groups is 1. The Hall–Kier alpha value is -4.12. The van der Waals surface area contributed by atoms with E-state index in [9.17, 15) is 18.7 Å². The van der Waals surface area contributed by atoms with E-state index >= 15 is 0 Å². The first-order valence-electron chi connectivity index (χ1n) is 12.2. The third-order valence-corrected chi connectivity index (χ3v) is 6.33. The zero-order valence-electron chi connectivity index (χ0n) is 21.1. The van der Waals surface area contributed by atoms with Crippen LogP contribution >= 0.6 is 0 Å². The molecule has 1 aliphatic heterocycles. The minimum Gasteiger partial charge on any atom is -0.449 e. The van der Waals surface area contributed by atoms with Crippen LogP contribution < -0.4 is 9.64 Å². The molecule has 2 aromatic heterocycles. The van der Waals surface area contributed by atoms with E-state index in [1.807, 2.05) is 22.8 Å². The fraction of sp³-hybridized carbons (Fsp3) is 0.333. The van der Waals surface area contributed by atoms with Crippen LogP contribution in [-0.4, -0.2) is 43.9 Å². The van der Waals surface area contributed by atoms with Gasteiger partial charge in [0, 0.05) is 30.6 Å². The first-order chi connectivity index (χ1) is 18.2. The predicted molar refractivity (Wildman–Crippen MR) is 136 cm³/mol. The number of alkyl halides is 2. The minimum atomic E-state index is -2.98. The SMILES string of the molecule is CCOC(=O)N(c1cccc(OC(F)F)c1)[C@@H]1CCn2c1nc1ccc(-c3cnc(C(C)(C)O)nc3)cc12. The molecular formula is C27H27F2N5O4. The van der Waals surface area contributed by atoms with E-state index in [-0.39, 0.29) is 12.4 Å². The monoisotopic (exact) mass is 523 g/mol. The number of hydrogen-bond acceptors (Lipinski definition) is 7. The fourth-order valence-electron chi connectivity index (χ4n) is 4.64. The summed E-state index contributed by atoms with van der Waals surface area (Å²) in [5, 5.41) is 10.1. The van der Waals surface area contributed by atoms with Crippen molar-refractivity contribution < 1.29 is 28.2 Å². The lowest BCUT2D eigenvalue weighted by atomic mass is 10.1. The molecular weight excluding hydrogens is 496 g/mol. The third kappa shape index (κ3) is 4.89. The molecule has 1 amide bonds. The molecule has 0 saturated heterocycles. The average Bonchev–Trinajstić information content (AvgIpc) is 3.43. The van der Waals surface area contributed by atoms with Crippen LogP contribution in [0.25, 0.3) is 22.2 Å². The van der Waals surface area contributed by atoms with Gasteiger partial charge in [0.2, 0.25) is 0 Å². The highest BCUT2D eigenvalue weighted by molar-refractivity contribution is 5.89. The highest BCUT2D eigenvalue weighted by Gasteiger charge is 2.36. The number of aromatic nitrogens is 4. The lowest BCUT2D eigenvalue weighted by Gasteiger charge is -2.27. The van der Waals surface area contributed by atoms with Crippen molar-refractivity contribution in [1.82, 2.24) is 19.5 Å². The Labute approximate surface area is 217 Å². The van der Waals surface area contributed by atoms with Crippen molar-refractivity contribution in [2.45, 2.75) is 52.0 Å². The summed E-state index contributed by atoms with van der Waals surface area (Å²) in [5.74, 6) is 0.942. The summed E-state index contributed by atoms with van der Waals surface area (Å²) in [7, 11) is 0. The summed E-state index contributed by atoms with van der Waals surface area (Å²) in [6.07, 6.45) is 3.30. The normalized spacial score (nSPS) is 15.1. The van der Waals surface area contributed by atoms with Crippen LogP contribution in [0, 0.1) is 0 Å². The molecule has 0 fully saturated rings. The number of hydrogen-bond donors (Lipinski definition) is 1. The Balaban J connectivity index is 1.52. The molecule has 0 bridgehead atoms. The van der Waals surface area contributed by atoms with Crippen molar-refractivity contribution in [2.75, 3.05) is 11.5 Å². The highest BCUT2D eigenvalue weighted by Crippen LogP contribution is 2.39. The molecule has 4 aromatic rings. The number of imidazole rings is 1. The molecule has 0 aliphatic carbocycles. The second kappa shape index (κ2) is 9.97. The molecule has 5 rings (SSSR count). The van der Waals surface area contributed by atoms with Gasteiger partial charge in [-0.15, -0.1) is 0 Å². The second-order valence-electron chi connectivity index (χ2n) is 9.43. The summed E-state index contributed by atoms with van der Waals surface area (Å²) in [4.78, 5) is 27.9. The molecule has 1 aliphatic rings. The van der Waals surface area contributed by atoms with Gasteiger partial charge < -0.3 is 19.1 Å². The number of rotatable bonds is 7. The minimum absolute atomic E-state index is 0.0548. The number of carbonyl (C=O) groups is 1. The number of aryl methyl sites for hydroxylation is 1. The Bertz CT molecular complexity index is 1470. The number of carbonyl (C=O) groups excluding carboxylic acids is 1. The lowest BCUT2D eigenvalue weighted by molar-refractivity contribution is -0.0498. The number of halogens is 2. The van der Waals surface area contributed by atoms with Crippen LogP contribution in [-0.2, 0) is 16.9 Å². The van der Waals surface area contributed by atoms with Crippen LogP contribution in [0.4, 0.5) is 19.3 Å². The number of anilines is 1. The van der Waals surface area contributed by atoms with Crippen molar-refractivity contribution in [3.8, 4) is 16.9 Å². The van der Waals surface area contributed by atoms with E-state index in [1.165, 1.54) is 17.0 Å². The van der Waals surface area contributed by atoms with E-state index < -0.39 is 24.3 Å². The fourth-order valence-corrected chi connectivity index (χ4v) is 4.64. The zero-order valence-corrected chi connectivity index (χ0v) is 21.1. The highest BCUT2D eigenvalue weighted by atomic mass is 19.3. The van der Waals surface area contributed by atoms with Gasteiger partial charge in [-0.3, -0.25) is 4.90 Å². The zero-order chi connectivity index (χ0) is 27.0. The molecule has 0 saturated carbocycles. The first kappa shape index (κ1) is 25.5. The molecule has 38 heavy (non-hydrogen) atoms. The van der Waals surface area contributed by atoms with E-state index in [0.717, 1.165) is 22.2 Å². The van der Waals surface area contributed by atoms with Crippen molar-refractivity contribution >= 4 is 22.8 Å². The number of nitrogens with zero attached hydrogens (tertiary/aromatic N) is 5. The molecule has 2 aromatic carbocycles. The van der Waals surface area contributed by atoms with Crippen LogP contribution in [0.5, 0.6) is 5.75 Å². The van der Waals surface area contributed by atoms with E-state index in [4.69, 9.17) is 9.72 Å². The lowest BCUT2D eigenvalue weighted by Crippen LogP contribution is -2.35. The van der Waals surface area contributed by atoms with Crippen LogP contribution in [0.3, 0.4) is 0 Å². The molecule has 9 nitrogen and oxygen atoms in total. The topological polar surface area (TPSA) is 103 Å². The number of amides is 1. The Kier molecular flexibility index (Phi) is 6.70. The number of benzene rings is 2. The molecule has 1 N–H and O–H groups in total. The van der Waals surface area contributed by atoms with Gasteiger partial charge in [0.05, 0.1) is 29.4 Å². The smallest absolute Gasteiger partial charge is 0.414 e. The second-order valence-corrected chi connectivity index (χ2v) is 9.43. The third-order valence-electron chi connectivity index (χ3n) is 6.33. The van der Waals surface area contributed by atoms with Gasteiger partial charge in [0.15, 0.2) is 5.82 Å². The van der Waals surface area contributed by atoms with Gasteiger partial charge in [-0.2, -0.15) is 8.78 Å². The van der Waals surface area contributed by atoms with Crippen molar-refractivity contribution in [3.63, 3.8) is 0 Å². The quantitative estimate of drug-likeness (QED) is 0.345. The van der Waals surface area contributed by atoms with Crippen molar-refractivity contribution in [2.24, 2.45) is 0 Å². The van der Waals surface area contributed by atoms with Gasteiger partial charge in [0.25, 0.3) is 0 Å². The van der Waals surface area contributed by atoms with Crippen LogP contribution in [0.2, 0.25) is 0 Å². The predicted octanol–water partition coefficient (Wildman–Crippen LogP) is 5.43. The summed E-state index contributed by atoms with van der Waals surface area (Å²) in [6.45, 7) is 2.72. The van der Waals surface area contributed by atoms with E-state index in [1.54, 1.807) is 45.3 Å². The maximum absolute atomic E-state index is 13.1. The van der Waals surface area contributed by atoms with Crippen molar-refractivity contribution in [3.05, 3.63) is 66.5 Å². The van der Waals surface area contributed by atoms with Gasteiger partial charge >= 0.3 is 12.7 Å². The van der Waals surface area contributed by atoms with Gasteiger partial charge in [0.1, 0.15) is 17.2 Å². The summed E-state index contributed by atoms with van der Waals surface area (Å²) >= 11 is 0. The molecule has 0 spiro atoms. The number of ether oxygens (including phenoxy) is 2. The Morgan fingerprint density at radius 3 is 2.63 bits per heavy atom.